The van der Waals surface area contributed by atoms with Gasteiger partial charge in [0.1, 0.15) is 0 Å². The third-order valence-corrected chi connectivity index (χ3v) is 6.46. The predicted octanol–water partition coefficient (Wildman–Crippen LogP) is 2.28. The van der Waals surface area contributed by atoms with Crippen molar-refractivity contribution in [1.82, 2.24) is 15.8 Å². The number of nitrogens with zero attached hydrogens (tertiary/aromatic N) is 1. The quantitative estimate of drug-likeness (QED) is 0.494. The van der Waals surface area contributed by atoms with Crippen LogP contribution >= 0.6 is 11.3 Å². The monoisotopic (exact) mass is 350 g/mol. The van der Waals surface area contributed by atoms with Crippen molar-refractivity contribution in [2.45, 2.75) is 50.5 Å². The molecule has 4 N–H and O–H groups in total. The summed E-state index contributed by atoms with van der Waals surface area (Å²) in [5, 5.41) is 16.7. The van der Waals surface area contributed by atoms with Crippen LogP contribution in [0.1, 0.15) is 44.2 Å². The molecule has 4 aliphatic rings. The summed E-state index contributed by atoms with van der Waals surface area (Å²) in [5.41, 5.74) is 2.07. The van der Waals surface area contributed by atoms with Crippen molar-refractivity contribution in [3.63, 3.8) is 0 Å². The second-order valence-electron chi connectivity index (χ2n) is 7.63. The molecule has 0 atom stereocenters. The number of anilines is 1. The maximum atomic E-state index is 12.4. The molecule has 4 saturated carbocycles. The maximum Gasteiger partial charge on any atom is 0.321 e. The van der Waals surface area contributed by atoms with Crippen molar-refractivity contribution >= 4 is 28.4 Å². The summed E-state index contributed by atoms with van der Waals surface area (Å²) >= 11 is 1.28. The first-order valence-corrected chi connectivity index (χ1v) is 9.38. The van der Waals surface area contributed by atoms with Gasteiger partial charge in [-0.25, -0.2) is 15.3 Å². The van der Waals surface area contributed by atoms with E-state index in [0.29, 0.717) is 10.8 Å². The summed E-state index contributed by atoms with van der Waals surface area (Å²) in [7, 11) is 0. The Morgan fingerprint density at radius 1 is 1.21 bits per heavy atom. The molecular formula is C16H22N4O3S. The zero-order valence-corrected chi connectivity index (χ0v) is 14.2. The van der Waals surface area contributed by atoms with Crippen molar-refractivity contribution in [1.29, 1.82) is 0 Å². The molecule has 130 valence electrons. The highest BCUT2D eigenvalue weighted by Gasteiger charge is 2.51. The number of thiazole rings is 1. The van der Waals surface area contributed by atoms with E-state index < -0.39 is 5.91 Å². The first kappa shape index (κ1) is 15.8. The van der Waals surface area contributed by atoms with E-state index in [1.165, 1.54) is 30.6 Å². The standard InChI is InChI=1S/C16H22N4O3S/c21-13(20-23)4-12-8-24-15(17-12)18-14(22)19-16-5-9-1-10(6-16)3-11(2-9)7-16/h8-11,23H,1-7H2,(H,20,21)(H2,17,18,19,22). The average Bonchev–Trinajstić information content (AvgIpc) is 2.91. The Hall–Kier alpha value is -1.67. The highest BCUT2D eigenvalue weighted by Crippen LogP contribution is 2.55. The van der Waals surface area contributed by atoms with Crippen molar-refractivity contribution in [3.05, 3.63) is 11.1 Å². The van der Waals surface area contributed by atoms with Gasteiger partial charge in [-0.15, -0.1) is 11.3 Å². The molecule has 1 heterocycles. The lowest BCUT2D eigenvalue weighted by molar-refractivity contribution is -0.128. The van der Waals surface area contributed by atoms with E-state index in [4.69, 9.17) is 5.21 Å². The number of aromatic nitrogens is 1. The minimum Gasteiger partial charge on any atom is -0.332 e. The number of hydrogen-bond donors (Lipinski definition) is 4. The van der Waals surface area contributed by atoms with Crippen LogP contribution in [-0.4, -0.2) is 27.7 Å². The number of urea groups is 1. The molecule has 3 amide bonds. The van der Waals surface area contributed by atoms with E-state index in [2.05, 4.69) is 15.6 Å². The molecule has 0 radical (unpaired) electrons. The fourth-order valence-electron chi connectivity index (χ4n) is 5.28. The molecule has 7 nitrogen and oxygen atoms in total. The Morgan fingerprint density at radius 2 is 1.83 bits per heavy atom. The van der Waals surface area contributed by atoms with Gasteiger partial charge in [-0.05, 0) is 56.3 Å². The van der Waals surface area contributed by atoms with Gasteiger partial charge in [0.2, 0.25) is 5.91 Å². The van der Waals surface area contributed by atoms with Gasteiger partial charge in [-0.1, -0.05) is 0 Å². The summed E-state index contributed by atoms with van der Waals surface area (Å²) in [6.45, 7) is 0. The van der Waals surface area contributed by atoms with Gasteiger partial charge in [-0.3, -0.25) is 15.3 Å². The summed E-state index contributed by atoms with van der Waals surface area (Å²) in [6, 6.07) is -0.204. The topological polar surface area (TPSA) is 103 Å². The predicted molar refractivity (Wildman–Crippen MR) is 88.8 cm³/mol. The lowest BCUT2D eigenvalue weighted by atomic mass is 9.53. The molecule has 4 fully saturated rings. The Labute approximate surface area is 144 Å². The van der Waals surface area contributed by atoms with E-state index >= 15 is 0 Å². The molecule has 0 unspecified atom stereocenters. The Morgan fingerprint density at radius 3 is 2.42 bits per heavy atom. The fraction of sp³-hybridized carbons (Fsp3) is 0.688. The van der Waals surface area contributed by atoms with E-state index in [-0.39, 0.29) is 18.0 Å². The molecule has 1 aromatic rings. The average molecular weight is 350 g/mol. The van der Waals surface area contributed by atoms with Gasteiger partial charge >= 0.3 is 6.03 Å². The SMILES string of the molecule is O=C(Cc1csc(NC(=O)NC23CC4CC(CC(C4)C2)C3)n1)NO. The van der Waals surface area contributed by atoms with Crippen LogP contribution in [0.2, 0.25) is 0 Å². The van der Waals surface area contributed by atoms with E-state index in [1.807, 2.05) is 0 Å². The second-order valence-corrected chi connectivity index (χ2v) is 8.49. The number of rotatable bonds is 4. The third kappa shape index (κ3) is 3.12. The van der Waals surface area contributed by atoms with Crippen LogP contribution in [0.5, 0.6) is 0 Å². The summed E-state index contributed by atoms with van der Waals surface area (Å²) in [4.78, 5) is 27.7. The number of amides is 3. The van der Waals surface area contributed by atoms with E-state index in [9.17, 15) is 9.59 Å². The maximum absolute atomic E-state index is 12.4. The first-order chi connectivity index (χ1) is 11.5. The number of nitrogens with one attached hydrogen (secondary N) is 3. The smallest absolute Gasteiger partial charge is 0.321 e. The number of hydroxylamine groups is 1. The first-order valence-electron chi connectivity index (χ1n) is 8.50. The zero-order chi connectivity index (χ0) is 16.7. The van der Waals surface area contributed by atoms with Gasteiger partial charge < -0.3 is 5.32 Å². The Kier molecular flexibility index (Phi) is 3.96. The van der Waals surface area contributed by atoms with Crippen molar-refractivity contribution in [2.75, 3.05) is 5.32 Å². The Bertz CT molecular complexity index is 624. The summed E-state index contributed by atoms with van der Waals surface area (Å²) in [6.07, 6.45) is 7.32. The molecule has 4 aliphatic carbocycles. The van der Waals surface area contributed by atoms with Crippen molar-refractivity contribution < 1.29 is 14.8 Å². The molecule has 8 heteroatoms. The number of carbonyl (C=O) groups excluding carboxylic acids is 2. The molecule has 24 heavy (non-hydrogen) atoms. The summed E-state index contributed by atoms with van der Waals surface area (Å²) < 4.78 is 0. The van der Waals surface area contributed by atoms with E-state index in [1.54, 1.807) is 10.9 Å². The van der Waals surface area contributed by atoms with Crippen LogP contribution in [0.15, 0.2) is 5.38 Å². The molecule has 0 aliphatic heterocycles. The third-order valence-electron chi connectivity index (χ3n) is 5.66. The van der Waals surface area contributed by atoms with Crippen LogP contribution in [-0.2, 0) is 11.2 Å². The molecule has 0 aromatic carbocycles. The largest absolute Gasteiger partial charge is 0.332 e. The Balaban J connectivity index is 1.36. The van der Waals surface area contributed by atoms with Gasteiger partial charge in [0.25, 0.3) is 0 Å². The minimum absolute atomic E-state index is 0.00865. The van der Waals surface area contributed by atoms with Gasteiger partial charge in [0, 0.05) is 10.9 Å². The van der Waals surface area contributed by atoms with Gasteiger partial charge in [-0.2, -0.15) is 0 Å². The lowest BCUT2D eigenvalue weighted by Gasteiger charge is -2.56. The molecule has 1 aromatic heterocycles. The molecule has 0 saturated heterocycles. The van der Waals surface area contributed by atoms with Crippen LogP contribution < -0.4 is 16.1 Å². The van der Waals surface area contributed by atoms with Crippen LogP contribution in [0.3, 0.4) is 0 Å². The van der Waals surface area contributed by atoms with Crippen LogP contribution in [0.25, 0.3) is 0 Å². The number of carbonyl (C=O) groups is 2. The van der Waals surface area contributed by atoms with Gasteiger partial charge in [0.15, 0.2) is 5.13 Å². The van der Waals surface area contributed by atoms with Crippen LogP contribution in [0, 0.1) is 17.8 Å². The highest BCUT2D eigenvalue weighted by molar-refractivity contribution is 7.13. The molecule has 0 spiro atoms. The van der Waals surface area contributed by atoms with Crippen LogP contribution in [0.4, 0.5) is 9.93 Å². The lowest BCUT2D eigenvalue weighted by Crippen LogP contribution is -2.60. The molecule has 5 rings (SSSR count). The van der Waals surface area contributed by atoms with E-state index in [0.717, 1.165) is 37.0 Å². The summed E-state index contributed by atoms with van der Waals surface area (Å²) in [5.74, 6) is 1.81. The normalized spacial score (nSPS) is 33.3. The van der Waals surface area contributed by atoms with Crippen molar-refractivity contribution in [2.24, 2.45) is 17.8 Å². The highest BCUT2D eigenvalue weighted by atomic mass is 32.1. The van der Waals surface area contributed by atoms with Gasteiger partial charge in [0.05, 0.1) is 12.1 Å². The second kappa shape index (κ2) is 6.00. The molecule has 4 bridgehead atoms. The minimum atomic E-state index is -0.523. The number of hydrogen-bond acceptors (Lipinski definition) is 5. The van der Waals surface area contributed by atoms with Crippen molar-refractivity contribution in [3.8, 4) is 0 Å². The zero-order valence-electron chi connectivity index (χ0n) is 13.4. The molecular weight excluding hydrogens is 328 g/mol. The fourth-order valence-corrected chi connectivity index (χ4v) is 5.99.